The summed E-state index contributed by atoms with van der Waals surface area (Å²) < 4.78 is 77.1. The predicted molar refractivity (Wildman–Crippen MR) is 130 cm³/mol. The van der Waals surface area contributed by atoms with Crippen LogP contribution in [0.5, 0.6) is 0 Å². The Kier molecular flexibility index (Phi) is 6.99. The molecule has 36 heavy (non-hydrogen) atoms. The molecule has 0 aromatic heterocycles. The molecule has 0 spiro atoms. The standard InChI is InChI=1S/C25H27F3N2O4S2/c26-18-4-1-3-17(15-18)22-5-2-6-23(25(9-10-25)34-24(31)29-11-13-35-14-12-29)30(22)36(32,33)19-7-8-20(27)21(28)16-19/h1,3-4,7-8,15-16,22-23H,2,5-6,9-14H2/t22-,23+/m0/s1. The zero-order chi connectivity index (χ0) is 25.5. The Morgan fingerprint density at radius 1 is 1.00 bits per heavy atom. The van der Waals surface area contributed by atoms with E-state index in [4.69, 9.17) is 4.74 Å². The van der Waals surface area contributed by atoms with Crippen molar-refractivity contribution in [2.24, 2.45) is 0 Å². The highest BCUT2D eigenvalue weighted by atomic mass is 32.2. The molecular weight excluding hydrogens is 513 g/mol. The molecular formula is C25H27F3N2O4S2. The van der Waals surface area contributed by atoms with Gasteiger partial charge in [0.2, 0.25) is 10.0 Å². The number of hydrogen-bond acceptors (Lipinski definition) is 5. The lowest BCUT2D eigenvalue weighted by atomic mass is 9.90. The van der Waals surface area contributed by atoms with Gasteiger partial charge in [0, 0.05) is 24.6 Å². The first-order valence-corrected chi connectivity index (χ1v) is 14.6. The normalized spacial score (nSPS) is 24.4. The van der Waals surface area contributed by atoms with E-state index in [2.05, 4.69) is 0 Å². The second-order valence-corrected chi connectivity index (χ2v) is 12.5. The summed E-state index contributed by atoms with van der Waals surface area (Å²) in [5.74, 6) is -1.32. The lowest BCUT2D eigenvalue weighted by Crippen LogP contribution is -2.54. The zero-order valence-electron chi connectivity index (χ0n) is 19.5. The van der Waals surface area contributed by atoms with Crippen molar-refractivity contribution in [3.05, 3.63) is 65.5 Å². The van der Waals surface area contributed by atoms with Gasteiger partial charge >= 0.3 is 6.09 Å². The summed E-state index contributed by atoms with van der Waals surface area (Å²) >= 11 is 1.76. The molecule has 2 heterocycles. The second kappa shape index (κ2) is 9.90. The number of rotatable bonds is 5. The molecule has 11 heteroatoms. The van der Waals surface area contributed by atoms with Crippen LogP contribution < -0.4 is 0 Å². The third kappa shape index (κ3) is 4.84. The molecule has 2 saturated heterocycles. The fourth-order valence-corrected chi connectivity index (χ4v) is 8.04. The third-order valence-corrected chi connectivity index (χ3v) is 10.0. The fourth-order valence-electron chi connectivity index (χ4n) is 5.20. The maximum absolute atomic E-state index is 14.2. The van der Waals surface area contributed by atoms with Crippen LogP contribution in [0.2, 0.25) is 0 Å². The zero-order valence-corrected chi connectivity index (χ0v) is 21.2. The molecule has 5 rings (SSSR count). The van der Waals surface area contributed by atoms with Crippen molar-refractivity contribution in [2.45, 2.75) is 54.7 Å². The summed E-state index contributed by atoms with van der Waals surface area (Å²) in [6, 6.07) is 6.73. The lowest BCUT2D eigenvalue weighted by Gasteiger charge is -2.44. The van der Waals surface area contributed by atoms with Gasteiger partial charge in [-0.1, -0.05) is 12.1 Å². The molecule has 1 amide bonds. The smallest absolute Gasteiger partial charge is 0.410 e. The van der Waals surface area contributed by atoms with E-state index in [1.807, 2.05) is 0 Å². The summed E-state index contributed by atoms with van der Waals surface area (Å²) in [7, 11) is -4.37. The summed E-state index contributed by atoms with van der Waals surface area (Å²) in [5, 5.41) is 0. The Bertz CT molecular complexity index is 1250. The molecule has 2 atom stereocenters. The van der Waals surface area contributed by atoms with Crippen molar-refractivity contribution in [1.29, 1.82) is 0 Å². The Morgan fingerprint density at radius 3 is 2.42 bits per heavy atom. The number of hydrogen-bond donors (Lipinski definition) is 0. The van der Waals surface area contributed by atoms with E-state index in [1.54, 1.807) is 22.7 Å². The second-order valence-electron chi connectivity index (χ2n) is 9.46. The van der Waals surface area contributed by atoms with Crippen molar-refractivity contribution in [1.82, 2.24) is 9.21 Å². The van der Waals surface area contributed by atoms with E-state index in [0.29, 0.717) is 56.8 Å². The quantitative estimate of drug-likeness (QED) is 0.528. The largest absolute Gasteiger partial charge is 0.441 e. The highest BCUT2D eigenvalue weighted by Crippen LogP contribution is 2.52. The highest BCUT2D eigenvalue weighted by molar-refractivity contribution is 7.99. The Labute approximate surface area is 212 Å². The molecule has 2 aromatic carbocycles. The lowest BCUT2D eigenvalue weighted by molar-refractivity contribution is -0.00748. The molecule has 3 fully saturated rings. The van der Waals surface area contributed by atoms with E-state index in [-0.39, 0.29) is 0 Å². The maximum atomic E-state index is 14.2. The van der Waals surface area contributed by atoms with Crippen molar-refractivity contribution in [2.75, 3.05) is 24.6 Å². The van der Waals surface area contributed by atoms with Gasteiger partial charge in [0.05, 0.1) is 17.0 Å². The van der Waals surface area contributed by atoms with Gasteiger partial charge < -0.3 is 9.64 Å². The molecule has 0 unspecified atom stereocenters. The fraction of sp³-hybridized carbons (Fsp3) is 0.480. The number of piperidine rings is 1. The number of nitrogens with zero attached hydrogens (tertiary/aromatic N) is 2. The minimum absolute atomic E-state index is 0.398. The first kappa shape index (κ1) is 25.4. The van der Waals surface area contributed by atoms with Crippen LogP contribution in [0.15, 0.2) is 47.4 Å². The summed E-state index contributed by atoms with van der Waals surface area (Å²) in [5.41, 5.74) is -0.555. The van der Waals surface area contributed by atoms with Crippen LogP contribution >= 0.6 is 11.8 Å². The van der Waals surface area contributed by atoms with Gasteiger partial charge in [-0.25, -0.2) is 26.4 Å². The monoisotopic (exact) mass is 540 g/mol. The maximum Gasteiger partial charge on any atom is 0.410 e. The SMILES string of the molecule is O=C(OC1([C@H]2CCC[C@@H](c3cccc(F)c3)N2S(=O)(=O)c2ccc(F)c(F)c2)CC1)N1CCSCC1. The summed E-state index contributed by atoms with van der Waals surface area (Å²) in [4.78, 5) is 14.2. The number of benzene rings is 2. The molecule has 6 nitrogen and oxygen atoms in total. The number of sulfonamides is 1. The van der Waals surface area contributed by atoms with Gasteiger partial charge in [-0.2, -0.15) is 16.1 Å². The first-order valence-electron chi connectivity index (χ1n) is 12.0. The van der Waals surface area contributed by atoms with E-state index in [1.165, 1.54) is 22.5 Å². The number of halogens is 3. The van der Waals surface area contributed by atoms with Gasteiger partial charge in [0.15, 0.2) is 11.6 Å². The molecule has 2 aliphatic heterocycles. The molecule has 0 N–H and O–H groups in total. The Balaban J connectivity index is 1.54. The number of thioether (sulfide) groups is 1. The topological polar surface area (TPSA) is 66.9 Å². The predicted octanol–water partition coefficient (Wildman–Crippen LogP) is 5.11. The number of carbonyl (C=O) groups is 1. The molecule has 194 valence electrons. The summed E-state index contributed by atoms with van der Waals surface area (Å²) in [6.07, 6.45) is 1.99. The number of ether oxygens (including phenoxy) is 1. The summed E-state index contributed by atoms with van der Waals surface area (Å²) in [6.45, 7) is 1.13. The van der Waals surface area contributed by atoms with Gasteiger partial charge in [0.1, 0.15) is 11.4 Å². The first-order chi connectivity index (χ1) is 17.2. The van der Waals surface area contributed by atoms with Gasteiger partial charge in [-0.15, -0.1) is 0 Å². The van der Waals surface area contributed by atoms with Gasteiger partial charge in [0.25, 0.3) is 0 Å². The van der Waals surface area contributed by atoms with E-state index in [0.717, 1.165) is 23.6 Å². The molecule has 0 bridgehead atoms. The highest BCUT2D eigenvalue weighted by Gasteiger charge is 2.60. The van der Waals surface area contributed by atoms with Crippen LogP contribution in [0.3, 0.4) is 0 Å². The van der Waals surface area contributed by atoms with Crippen molar-refractivity contribution in [3.8, 4) is 0 Å². The minimum Gasteiger partial charge on any atom is -0.441 e. The third-order valence-electron chi connectivity index (χ3n) is 7.18. The average molecular weight is 541 g/mol. The van der Waals surface area contributed by atoms with Crippen LogP contribution in [0.1, 0.15) is 43.7 Å². The Hall–Kier alpha value is -2.24. The minimum atomic E-state index is -4.37. The molecule has 3 aliphatic rings. The van der Waals surface area contributed by atoms with Gasteiger partial charge in [-0.05, 0) is 68.0 Å². The van der Waals surface area contributed by atoms with Crippen LogP contribution in [0, 0.1) is 17.5 Å². The van der Waals surface area contributed by atoms with E-state index < -0.39 is 56.1 Å². The van der Waals surface area contributed by atoms with Crippen LogP contribution in [0.4, 0.5) is 18.0 Å². The van der Waals surface area contributed by atoms with Crippen LogP contribution in [0.25, 0.3) is 0 Å². The molecule has 0 radical (unpaired) electrons. The van der Waals surface area contributed by atoms with Crippen molar-refractivity contribution < 1.29 is 31.1 Å². The van der Waals surface area contributed by atoms with Crippen molar-refractivity contribution >= 4 is 27.9 Å². The Morgan fingerprint density at radius 2 is 1.75 bits per heavy atom. The van der Waals surface area contributed by atoms with Gasteiger partial charge in [-0.3, -0.25) is 0 Å². The van der Waals surface area contributed by atoms with Crippen molar-refractivity contribution in [3.63, 3.8) is 0 Å². The van der Waals surface area contributed by atoms with E-state index >= 15 is 0 Å². The average Bonchev–Trinajstić information content (AvgIpc) is 3.66. The molecule has 1 aliphatic carbocycles. The number of carbonyl (C=O) groups excluding carboxylic acids is 1. The number of amides is 1. The van der Waals surface area contributed by atoms with Crippen LogP contribution in [-0.2, 0) is 14.8 Å². The van der Waals surface area contributed by atoms with E-state index in [9.17, 15) is 26.4 Å². The molecule has 2 aromatic rings. The van der Waals surface area contributed by atoms with Crippen LogP contribution in [-0.4, -0.2) is 60.0 Å². The molecule has 1 saturated carbocycles.